The zero-order valence-corrected chi connectivity index (χ0v) is 15.3. The lowest BCUT2D eigenvalue weighted by molar-refractivity contribution is 0.0684. The standard InChI is InChI=1S/C16H25N3O5S/c1-17-25(21,22)15-6-5-14(24-15)16(20)19-8-3-7-18(9-10-19)12-13-4-2-11-23-13/h5-6,13,17H,2-4,7-12H2,1H3/t13-/m1/s1. The molecule has 2 aliphatic rings. The van der Waals surface area contributed by atoms with Crippen LogP contribution >= 0.6 is 0 Å². The molecule has 2 aliphatic heterocycles. The van der Waals surface area contributed by atoms with E-state index < -0.39 is 10.0 Å². The Morgan fingerprint density at radius 2 is 2.08 bits per heavy atom. The summed E-state index contributed by atoms with van der Waals surface area (Å²) in [7, 11) is -2.38. The number of carbonyl (C=O) groups excluding carboxylic acids is 1. The highest BCUT2D eigenvalue weighted by atomic mass is 32.2. The van der Waals surface area contributed by atoms with Gasteiger partial charge in [0.2, 0.25) is 5.09 Å². The summed E-state index contributed by atoms with van der Waals surface area (Å²) in [5.74, 6) is -0.210. The summed E-state index contributed by atoms with van der Waals surface area (Å²) in [6, 6.07) is 2.72. The number of ether oxygens (including phenoxy) is 1. The van der Waals surface area contributed by atoms with Crippen molar-refractivity contribution in [2.75, 3.05) is 46.4 Å². The maximum atomic E-state index is 12.6. The Labute approximate surface area is 148 Å². The molecule has 0 bridgehead atoms. The quantitative estimate of drug-likeness (QED) is 0.811. The largest absolute Gasteiger partial charge is 0.438 e. The lowest BCUT2D eigenvalue weighted by Gasteiger charge is -2.23. The third-order valence-corrected chi connectivity index (χ3v) is 5.97. The molecule has 0 spiro atoms. The van der Waals surface area contributed by atoms with E-state index in [1.54, 1.807) is 4.90 Å². The molecule has 1 aromatic heterocycles. The summed E-state index contributed by atoms with van der Waals surface area (Å²) >= 11 is 0. The number of hydrogen-bond acceptors (Lipinski definition) is 6. The van der Waals surface area contributed by atoms with Crippen molar-refractivity contribution in [3.05, 3.63) is 17.9 Å². The van der Waals surface area contributed by atoms with Crippen molar-refractivity contribution in [1.82, 2.24) is 14.5 Å². The van der Waals surface area contributed by atoms with E-state index in [9.17, 15) is 13.2 Å². The van der Waals surface area contributed by atoms with E-state index in [0.717, 1.165) is 45.5 Å². The molecule has 2 saturated heterocycles. The Morgan fingerprint density at radius 1 is 1.24 bits per heavy atom. The third-order valence-electron chi connectivity index (χ3n) is 4.69. The van der Waals surface area contributed by atoms with Gasteiger partial charge >= 0.3 is 0 Å². The van der Waals surface area contributed by atoms with E-state index in [1.807, 2.05) is 0 Å². The van der Waals surface area contributed by atoms with Crippen LogP contribution in [-0.4, -0.2) is 76.6 Å². The summed E-state index contributed by atoms with van der Waals surface area (Å²) in [6.07, 6.45) is 3.41. The Morgan fingerprint density at radius 3 is 2.80 bits per heavy atom. The van der Waals surface area contributed by atoms with E-state index >= 15 is 0 Å². The third kappa shape index (κ3) is 4.41. The molecule has 0 unspecified atom stereocenters. The Balaban J connectivity index is 1.59. The van der Waals surface area contributed by atoms with Crippen LogP contribution in [0.5, 0.6) is 0 Å². The van der Waals surface area contributed by atoms with Crippen LogP contribution in [0, 0.1) is 0 Å². The molecule has 0 aromatic carbocycles. The molecule has 140 valence electrons. The fourth-order valence-corrected chi connectivity index (χ4v) is 3.92. The van der Waals surface area contributed by atoms with Gasteiger partial charge in [0.15, 0.2) is 5.76 Å². The fraction of sp³-hybridized carbons (Fsp3) is 0.688. The highest BCUT2D eigenvalue weighted by Crippen LogP contribution is 2.18. The summed E-state index contributed by atoms with van der Waals surface area (Å²) in [5.41, 5.74) is 0. The van der Waals surface area contributed by atoms with Crippen molar-refractivity contribution in [3.63, 3.8) is 0 Å². The lowest BCUT2D eigenvalue weighted by Crippen LogP contribution is -2.37. The highest BCUT2D eigenvalue weighted by Gasteiger charge is 2.26. The average Bonchev–Trinajstić information content (AvgIpc) is 3.24. The first-order valence-corrected chi connectivity index (χ1v) is 10.1. The second kappa shape index (κ2) is 7.86. The number of nitrogens with one attached hydrogen (secondary N) is 1. The summed E-state index contributed by atoms with van der Waals surface area (Å²) in [5, 5.41) is -0.242. The van der Waals surface area contributed by atoms with Gasteiger partial charge < -0.3 is 14.1 Å². The molecule has 25 heavy (non-hydrogen) atoms. The predicted molar refractivity (Wildman–Crippen MR) is 90.9 cm³/mol. The zero-order valence-electron chi connectivity index (χ0n) is 14.4. The van der Waals surface area contributed by atoms with Crippen LogP contribution in [-0.2, 0) is 14.8 Å². The van der Waals surface area contributed by atoms with Gasteiger partial charge in [-0.2, -0.15) is 0 Å². The summed E-state index contributed by atoms with van der Waals surface area (Å²) in [6.45, 7) is 4.71. The Kier molecular flexibility index (Phi) is 5.78. The molecule has 2 fully saturated rings. The molecule has 0 saturated carbocycles. The van der Waals surface area contributed by atoms with E-state index in [1.165, 1.54) is 19.2 Å². The van der Waals surface area contributed by atoms with Gasteiger partial charge in [0.05, 0.1) is 6.10 Å². The average molecular weight is 371 g/mol. The molecule has 0 aliphatic carbocycles. The van der Waals surface area contributed by atoms with Gasteiger partial charge in [-0.1, -0.05) is 0 Å². The maximum Gasteiger partial charge on any atom is 0.289 e. The molecular formula is C16H25N3O5S. The van der Waals surface area contributed by atoms with Gasteiger partial charge in [0, 0.05) is 32.8 Å². The number of nitrogens with zero attached hydrogens (tertiary/aromatic N) is 2. The first-order valence-electron chi connectivity index (χ1n) is 8.66. The first-order chi connectivity index (χ1) is 12.0. The van der Waals surface area contributed by atoms with Crippen LogP contribution in [0.1, 0.15) is 29.8 Å². The minimum atomic E-state index is -3.68. The molecule has 1 N–H and O–H groups in total. The van der Waals surface area contributed by atoms with Gasteiger partial charge in [-0.15, -0.1) is 0 Å². The first kappa shape index (κ1) is 18.4. The maximum absolute atomic E-state index is 12.6. The molecular weight excluding hydrogens is 346 g/mol. The molecule has 1 amide bonds. The Hall–Kier alpha value is -1.42. The predicted octanol–water partition coefficient (Wildman–Crippen LogP) is 0.515. The van der Waals surface area contributed by atoms with Crippen LogP contribution in [0.25, 0.3) is 0 Å². The van der Waals surface area contributed by atoms with Gasteiger partial charge in [0.25, 0.3) is 15.9 Å². The monoisotopic (exact) mass is 371 g/mol. The van der Waals surface area contributed by atoms with E-state index in [2.05, 4.69) is 9.62 Å². The molecule has 1 aromatic rings. The SMILES string of the molecule is CNS(=O)(=O)c1ccc(C(=O)N2CCCN(C[C@H]3CCCO3)CC2)o1. The molecule has 1 atom stereocenters. The number of furan rings is 1. The number of sulfonamides is 1. The summed E-state index contributed by atoms with van der Waals surface area (Å²) < 4.78 is 36.6. The van der Waals surface area contributed by atoms with Crippen molar-refractivity contribution in [2.45, 2.75) is 30.5 Å². The van der Waals surface area contributed by atoms with Crippen molar-refractivity contribution < 1.29 is 22.4 Å². The molecule has 0 radical (unpaired) electrons. The second-order valence-electron chi connectivity index (χ2n) is 6.41. The van der Waals surface area contributed by atoms with Crippen molar-refractivity contribution >= 4 is 15.9 Å². The second-order valence-corrected chi connectivity index (χ2v) is 8.23. The Bertz CT molecular complexity index is 696. The van der Waals surface area contributed by atoms with Gasteiger partial charge in [-0.05, 0) is 45.0 Å². The molecule has 9 heteroatoms. The lowest BCUT2D eigenvalue weighted by atomic mass is 10.2. The van der Waals surface area contributed by atoms with Crippen molar-refractivity contribution in [3.8, 4) is 0 Å². The van der Waals surface area contributed by atoms with E-state index in [-0.39, 0.29) is 16.8 Å². The minimum Gasteiger partial charge on any atom is -0.438 e. The van der Waals surface area contributed by atoms with Crippen LogP contribution in [0.3, 0.4) is 0 Å². The normalized spacial score (nSPS) is 22.9. The van der Waals surface area contributed by atoms with Crippen LogP contribution < -0.4 is 4.72 Å². The fourth-order valence-electron chi connectivity index (χ4n) is 3.27. The van der Waals surface area contributed by atoms with Gasteiger partial charge in [-0.25, -0.2) is 13.1 Å². The topological polar surface area (TPSA) is 92.1 Å². The number of hydrogen-bond donors (Lipinski definition) is 1. The number of carbonyl (C=O) groups is 1. The van der Waals surface area contributed by atoms with Crippen molar-refractivity contribution in [2.24, 2.45) is 0 Å². The molecule has 3 heterocycles. The van der Waals surface area contributed by atoms with Crippen LogP contribution in [0.15, 0.2) is 21.6 Å². The number of amides is 1. The zero-order chi connectivity index (χ0) is 17.9. The van der Waals surface area contributed by atoms with Crippen molar-refractivity contribution in [1.29, 1.82) is 0 Å². The van der Waals surface area contributed by atoms with Crippen LogP contribution in [0.4, 0.5) is 0 Å². The minimum absolute atomic E-state index is 0.0569. The van der Waals surface area contributed by atoms with Crippen LogP contribution in [0.2, 0.25) is 0 Å². The van der Waals surface area contributed by atoms with E-state index in [0.29, 0.717) is 19.2 Å². The van der Waals surface area contributed by atoms with Gasteiger partial charge in [-0.3, -0.25) is 9.69 Å². The highest BCUT2D eigenvalue weighted by molar-refractivity contribution is 7.89. The number of rotatable bonds is 5. The molecule has 3 rings (SSSR count). The van der Waals surface area contributed by atoms with E-state index in [4.69, 9.17) is 9.15 Å². The molecule has 8 nitrogen and oxygen atoms in total. The smallest absolute Gasteiger partial charge is 0.289 e. The van der Waals surface area contributed by atoms with Gasteiger partial charge in [0.1, 0.15) is 0 Å². The summed E-state index contributed by atoms with van der Waals surface area (Å²) in [4.78, 5) is 16.7.